The Labute approximate surface area is 91.1 Å². The number of benzene rings is 1. The molecule has 80 valence electrons. The molecule has 1 aromatic rings. The van der Waals surface area contributed by atoms with Crippen molar-refractivity contribution in [1.29, 1.82) is 0 Å². The number of hydrogen-bond donors (Lipinski definition) is 2. The Hall–Kier alpha value is -1.84. The van der Waals surface area contributed by atoms with E-state index in [9.17, 15) is 0 Å². The van der Waals surface area contributed by atoms with E-state index in [0.717, 1.165) is 5.56 Å². The van der Waals surface area contributed by atoms with Crippen LogP contribution in [0.1, 0.15) is 13.9 Å². The minimum absolute atomic E-state index is 0.119. The van der Waals surface area contributed by atoms with Gasteiger partial charge in [-0.1, -0.05) is 30.3 Å². The molecule has 0 heterocycles. The van der Waals surface area contributed by atoms with E-state index in [1.54, 1.807) is 6.92 Å². The SMILES string of the molecule is [2H]C(CN=C(N)N=C(C)N)c1ccccc1. The first-order valence-electron chi connectivity index (χ1n) is 5.25. The van der Waals surface area contributed by atoms with Crippen LogP contribution in [0.25, 0.3) is 0 Å². The van der Waals surface area contributed by atoms with E-state index in [1.807, 2.05) is 30.3 Å². The van der Waals surface area contributed by atoms with Crippen LogP contribution < -0.4 is 11.5 Å². The number of nitrogens with two attached hydrogens (primary N) is 2. The summed E-state index contributed by atoms with van der Waals surface area (Å²) in [5, 5.41) is 0. The van der Waals surface area contributed by atoms with Gasteiger partial charge in [0.15, 0.2) is 0 Å². The van der Waals surface area contributed by atoms with Gasteiger partial charge < -0.3 is 11.5 Å². The Morgan fingerprint density at radius 2 is 2.00 bits per heavy atom. The average molecular weight is 205 g/mol. The van der Waals surface area contributed by atoms with E-state index in [4.69, 9.17) is 12.8 Å². The summed E-state index contributed by atoms with van der Waals surface area (Å²) in [5.74, 6) is 0.482. The van der Waals surface area contributed by atoms with Crippen molar-refractivity contribution < 1.29 is 1.37 Å². The van der Waals surface area contributed by atoms with Crippen LogP contribution in [-0.4, -0.2) is 18.3 Å². The van der Waals surface area contributed by atoms with Crippen LogP contribution in [0.15, 0.2) is 40.3 Å². The molecule has 4 nitrogen and oxygen atoms in total. The third-order valence-corrected chi connectivity index (χ3v) is 1.67. The molecule has 4 heteroatoms. The lowest BCUT2D eigenvalue weighted by molar-refractivity contribution is 0.962. The number of aliphatic imine (C=N–C) groups is 2. The zero-order valence-electron chi connectivity index (χ0n) is 9.72. The predicted molar refractivity (Wildman–Crippen MR) is 63.9 cm³/mol. The predicted octanol–water partition coefficient (Wildman–Crippen LogP) is 0.921. The first-order valence-corrected chi connectivity index (χ1v) is 4.67. The fraction of sp³-hybridized carbons (Fsp3) is 0.273. The van der Waals surface area contributed by atoms with Crippen LogP contribution in [0.4, 0.5) is 0 Å². The molecule has 4 N–H and O–H groups in total. The highest BCUT2D eigenvalue weighted by Crippen LogP contribution is 1.99. The normalized spacial score (nSPS) is 15.9. The van der Waals surface area contributed by atoms with Gasteiger partial charge >= 0.3 is 0 Å². The first-order chi connectivity index (χ1) is 7.59. The molecule has 0 saturated carbocycles. The molecule has 0 aromatic heterocycles. The fourth-order valence-corrected chi connectivity index (χ4v) is 1.05. The third kappa shape index (κ3) is 4.81. The highest BCUT2D eigenvalue weighted by molar-refractivity contribution is 5.93. The maximum Gasteiger partial charge on any atom is 0.216 e. The maximum absolute atomic E-state index is 7.85. The molecular formula is C11H16N4. The Morgan fingerprint density at radius 1 is 1.33 bits per heavy atom. The van der Waals surface area contributed by atoms with Gasteiger partial charge in [-0.3, -0.25) is 4.99 Å². The van der Waals surface area contributed by atoms with Gasteiger partial charge in [-0.25, -0.2) is 4.99 Å². The molecule has 0 aliphatic rings. The van der Waals surface area contributed by atoms with Crippen molar-refractivity contribution in [3.8, 4) is 0 Å². The largest absolute Gasteiger partial charge is 0.387 e. The van der Waals surface area contributed by atoms with Gasteiger partial charge in [0.2, 0.25) is 5.96 Å². The van der Waals surface area contributed by atoms with Gasteiger partial charge in [0.1, 0.15) is 0 Å². The monoisotopic (exact) mass is 205 g/mol. The number of rotatable bonds is 3. The van der Waals surface area contributed by atoms with Crippen LogP contribution >= 0.6 is 0 Å². The maximum atomic E-state index is 7.85. The van der Waals surface area contributed by atoms with E-state index in [1.165, 1.54) is 0 Å². The second-order valence-corrected chi connectivity index (χ2v) is 3.07. The summed E-state index contributed by atoms with van der Waals surface area (Å²) >= 11 is 0. The summed E-state index contributed by atoms with van der Waals surface area (Å²) in [5.41, 5.74) is 11.8. The lowest BCUT2D eigenvalue weighted by Crippen LogP contribution is -2.16. The molecule has 0 amide bonds. The van der Waals surface area contributed by atoms with Crippen molar-refractivity contribution in [2.24, 2.45) is 21.5 Å². The number of amidine groups is 1. The van der Waals surface area contributed by atoms with Crippen LogP contribution in [0.3, 0.4) is 0 Å². The standard InChI is InChI=1S/C11H16N4/c1-9(12)15-11(13)14-8-7-10-5-3-2-4-6-10/h2-6H,7-8H2,1H3,(H4,12,13,14,15)/i7D. The van der Waals surface area contributed by atoms with Crippen LogP contribution in [-0.2, 0) is 6.40 Å². The molecule has 1 rings (SSSR count). The lowest BCUT2D eigenvalue weighted by Gasteiger charge is -1.97. The molecule has 0 saturated heterocycles. The molecule has 1 atom stereocenters. The van der Waals surface area contributed by atoms with Crippen molar-refractivity contribution in [2.45, 2.75) is 13.3 Å². The Bertz CT molecular complexity index is 382. The molecule has 0 fully saturated rings. The van der Waals surface area contributed by atoms with Gasteiger partial charge in [-0.05, 0) is 18.9 Å². The Morgan fingerprint density at radius 3 is 2.60 bits per heavy atom. The minimum atomic E-state index is -0.423. The molecule has 0 aliphatic carbocycles. The number of nitrogens with zero attached hydrogens (tertiary/aromatic N) is 2. The molecule has 1 aromatic carbocycles. The van der Waals surface area contributed by atoms with Crippen molar-refractivity contribution in [1.82, 2.24) is 0 Å². The van der Waals surface area contributed by atoms with Crippen molar-refractivity contribution in [3.63, 3.8) is 0 Å². The van der Waals surface area contributed by atoms with Crippen LogP contribution in [0.5, 0.6) is 0 Å². The third-order valence-electron chi connectivity index (χ3n) is 1.67. The highest BCUT2D eigenvalue weighted by atomic mass is 15.1. The number of hydrogen-bond acceptors (Lipinski definition) is 1. The van der Waals surface area contributed by atoms with Crippen molar-refractivity contribution in [2.75, 3.05) is 6.54 Å². The zero-order chi connectivity index (χ0) is 12.0. The van der Waals surface area contributed by atoms with Gasteiger partial charge in [-0.15, -0.1) is 0 Å². The van der Waals surface area contributed by atoms with E-state index in [2.05, 4.69) is 9.98 Å². The van der Waals surface area contributed by atoms with Gasteiger partial charge in [-0.2, -0.15) is 0 Å². The highest BCUT2D eigenvalue weighted by Gasteiger charge is 1.91. The zero-order valence-corrected chi connectivity index (χ0v) is 8.72. The summed E-state index contributed by atoms with van der Waals surface area (Å²) in [4.78, 5) is 7.76. The summed E-state index contributed by atoms with van der Waals surface area (Å²) in [6.07, 6.45) is -0.423. The number of guanidine groups is 1. The molecular weight excluding hydrogens is 188 g/mol. The molecule has 0 bridgehead atoms. The van der Waals surface area contributed by atoms with Gasteiger partial charge in [0, 0.05) is 7.92 Å². The summed E-state index contributed by atoms with van der Waals surface area (Å²) in [7, 11) is 0. The van der Waals surface area contributed by atoms with Crippen molar-refractivity contribution in [3.05, 3.63) is 35.9 Å². The van der Waals surface area contributed by atoms with E-state index < -0.39 is 6.40 Å². The van der Waals surface area contributed by atoms with E-state index in [-0.39, 0.29) is 12.5 Å². The van der Waals surface area contributed by atoms with Crippen LogP contribution in [0.2, 0.25) is 0 Å². The molecule has 0 spiro atoms. The topological polar surface area (TPSA) is 76.8 Å². The van der Waals surface area contributed by atoms with Crippen LogP contribution in [0, 0.1) is 0 Å². The van der Waals surface area contributed by atoms with Gasteiger partial charge in [0.25, 0.3) is 0 Å². The molecule has 0 radical (unpaired) electrons. The lowest BCUT2D eigenvalue weighted by atomic mass is 10.2. The molecule has 1 unspecified atom stereocenters. The summed E-state index contributed by atoms with van der Waals surface area (Å²) in [6, 6.07) is 9.48. The van der Waals surface area contributed by atoms with Gasteiger partial charge in [0.05, 0.1) is 5.84 Å². The average Bonchev–Trinajstić information content (AvgIpc) is 2.26. The summed E-state index contributed by atoms with van der Waals surface area (Å²) in [6.45, 7) is 1.92. The van der Waals surface area contributed by atoms with E-state index in [0.29, 0.717) is 5.84 Å². The smallest absolute Gasteiger partial charge is 0.216 e. The Balaban J connectivity index is 2.59. The van der Waals surface area contributed by atoms with E-state index >= 15 is 0 Å². The minimum Gasteiger partial charge on any atom is -0.387 e. The molecule has 0 aliphatic heterocycles. The second-order valence-electron chi connectivity index (χ2n) is 3.07. The summed E-state index contributed by atoms with van der Waals surface area (Å²) < 4.78 is 7.85. The van der Waals surface area contributed by atoms with Crippen molar-refractivity contribution >= 4 is 11.8 Å². The fourth-order valence-electron chi connectivity index (χ4n) is 1.05. The molecule has 15 heavy (non-hydrogen) atoms. The second kappa shape index (κ2) is 5.80. The quantitative estimate of drug-likeness (QED) is 0.568. The Kier molecular flexibility index (Phi) is 3.75. The first kappa shape index (κ1) is 9.71.